The van der Waals surface area contributed by atoms with Gasteiger partial charge in [0.15, 0.2) is 0 Å². The van der Waals surface area contributed by atoms with Crippen LogP contribution in [0.4, 0.5) is 0 Å². The van der Waals surface area contributed by atoms with Crippen molar-refractivity contribution in [1.82, 2.24) is 0 Å². The van der Waals surface area contributed by atoms with Crippen molar-refractivity contribution < 1.29 is 19.0 Å². The van der Waals surface area contributed by atoms with Gasteiger partial charge in [-0.05, 0) is 68.1 Å². The van der Waals surface area contributed by atoms with Gasteiger partial charge in [0, 0.05) is 6.61 Å². The van der Waals surface area contributed by atoms with Gasteiger partial charge in [-0.25, -0.2) is 4.79 Å². The Balaban J connectivity index is 1.90. The lowest BCUT2D eigenvalue weighted by molar-refractivity contribution is 0.0635. The van der Waals surface area contributed by atoms with Gasteiger partial charge in [-0.2, -0.15) is 0 Å². The van der Waals surface area contributed by atoms with Crippen LogP contribution in [0, 0.1) is 0 Å². The summed E-state index contributed by atoms with van der Waals surface area (Å²) in [6, 6.07) is 14.7. The highest BCUT2D eigenvalue weighted by atomic mass is 16.5. The number of hydrogen-bond donors (Lipinski definition) is 0. The van der Waals surface area contributed by atoms with Crippen LogP contribution in [0.5, 0.6) is 11.5 Å². The molecule has 170 valence electrons. The van der Waals surface area contributed by atoms with E-state index in [0.29, 0.717) is 11.3 Å². The third kappa shape index (κ3) is 8.74. The average Bonchev–Trinajstić information content (AvgIpc) is 2.79. The van der Waals surface area contributed by atoms with Gasteiger partial charge in [0.05, 0.1) is 17.8 Å². The number of unbranched alkanes of at least 4 members (excludes halogenated alkanes) is 2. The molecule has 4 heteroatoms. The smallest absolute Gasteiger partial charge is 0.343 e. The SMILES string of the molecule is CCCCOC(C)c1ccc(C(=O)Oc2ccc(OC(CCC)CCCC)cc2)cc1. The first-order chi connectivity index (χ1) is 15.1. The second-order valence-electron chi connectivity index (χ2n) is 8.02. The van der Waals surface area contributed by atoms with Crippen molar-refractivity contribution >= 4 is 5.97 Å². The van der Waals surface area contributed by atoms with Crippen LogP contribution in [-0.4, -0.2) is 18.7 Å². The molecule has 0 saturated heterocycles. The van der Waals surface area contributed by atoms with Crippen LogP contribution >= 0.6 is 0 Å². The van der Waals surface area contributed by atoms with Crippen LogP contribution in [0.2, 0.25) is 0 Å². The lowest BCUT2D eigenvalue weighted by Gasteiger charge is -2.18. The first kappa shape index (κ1) is 24.9. The molecule has 0 aliphatic heterocycles. The molecule has 0 N–H and O–H groups in total. The molecule has 0 radical (unpaired) electrons. The average molecular weight is 427 g/mol. The first-order valence-corrected chi connectivity index (χ1v) is 11.8. The van der Waals surface area contributed by atoms with Crippen LogP contribution < -0.4 is 9.47 Å². The van der Waals surface area contributed by atoms with E-state index in [1.165, 1.54) is 12.8 Å². The molecule has 0 saturated carbocycles. The highest BCUT2D eigenvalue weighted by Gasteiger charge is 2.12. The van der Waals surface area contributed by atoms with Crippen molar-refractivity contribution in [3.8, 4) is 11.5 Å². The number of esters is 1. The largest absolute Gasteiger partial charge is 0.490 e. The number of hydrogen-bond acceptors (Lipinski definition) is 4. The molecule has 2 aromatic carbocycles. The lowest BCUT2D eigenvalue weighted by Crippen LogP contribution is -2.16. The maximum Gasteiger partial charge on any atom is 0.343 e. The van der Waals surface area contributed by atoms with E-state index in [4.69, 9.17) is 14.2 Å². The van der Waals surface area contributed by atoms with E-state index in [2.05, 4.69) is 20.8 Å². The molecule has 0 aliphatic rings. The second kappa shape index (κ2) is 13.9. The lowest BCUT2D eigenvalue weighted by atomic mass is 10.1. The predicted octanol–water partition coefficient (Wildman–Crippen LogP) is 7.52. The minimum Gasteiger partial charge on any atom is -0.490 e. The Kier molecular flexibility index (Phi) is 11.2. The van der Waals surface area contributed by atoms with E-state index in [9.17, 15) is 4.79 Å². The number of rotatable bonds is 14. The van der Waals surface area contributed by atoms with Gasteiger partial charge in [-0.3, -0.25) is 0 Å². The molecule has 2 unspecified atom stereocenters. The summed E-state index contributed by atoms with van der Waals surface area (Å²) in [7, 11) is 0. The second-order valence-corrected chi connectivity index (χ2v) is 8.02. The van der Waals surface area contributed by atoms with Crippen molar-refractivity contribution in [1.29, 1.82) is 0 Å². The maximum atomic E-state index is 12.5. The van der Waals surface area contributed by atoms with E-state index in [0.717, 1.165) is 50.0 Å². The van der Waals surface area contributed by atoms with Gasteiger partial charge in [0.1, 0.15) is 11.5 Å². The highest BCUT2D eigenvalue weighted by molar-refractivity contribution is 5.91. The summed E-state index contributed by atoms with van der Waals surface area (Å²) in [4.78, 5) is 12.5. The summed E-state index contributed by atoms with van der Waals surface area (Å²) < 4.78 is 17.5. The Morgan fingerprint density at radius 3 is 2.06 bits per heavy atom. The minimum absolute atomic E-state index is 0.0121. The highest BCUT2D eigenvalue weighted by Crippen LogP contribution is 2.23. The number of carbonyl (C=O) groups is 1. The van der Waals surface area contributed by atoms with Crippen LogP contribution in [0.3, 0.4) is 0 Å². The Bertz CT molecular complexity index is 752. The van der Waals surface area contributed by atoms with Gasteiger partial charge in [-0.15, -0.1) is 0 Å². The predicted molar refractivity (Wildman–Crippen MR) is 126 cm³/mol. The fourth-order valence-corrected chi connectivity index (χ4v) is 3.35. The molecule has 0 spiro atoms. The first-order valence-electron chi connectivity index (χ1n) is 11.8. The van der Waals surface area contributed by atoms with Crippen molar-refractivity contribution in [2.24, 2.45) is 0 Å². The van der Waals surface area contributed by atoms with Crippen LogP contribution in [-0.2, 0) is 4.74 Å². The summed E-state index contributed by atoms with van der Waals surface area (Å²) in [6.07, 6.45) is 7.98. The molecule has 0 amide bonds. The molecule has 31 heavy (non-hydrogen) atoms. The van der Waals surface area contributed by atoms with Gasteiger partial charge in [0.25, 0.3) is 0 Å². The number of benzene rings is 2. The number of carbonyl (C=O) groups excluding carboxylic acids is 1. The third-order valence-corrected chi connectivity index (χ3v) is 5.31. The fraction of sp³-hybridized carbons (Fsp3) is 0.519. The van der Waals surface area contributed by atoms with Gasteiger partial charge in [0.2, 0.25) is 0 Å². The molecule has 0 fully saturated rings. The monoisotopic (exact) mass is 426 g/mol. The van der Waals surface area contributed by atoms with E-state index in [-0.39, 0.29) is 18.2 Å². The van der Waals surface area contributed by atoms with Gasteiger partial charge < -0.3 is 14.2 Å². The van der Waals surface area contributed by atoms with E-state index < -0.39 is 0 Å². The molecule has 2 aromatic rings. The molecular formula is C27H38O4. The number of ether oxygens (including phenoxy) is 3. The normalized spacial score (nSPS) is 12.9. The zero-order valence-corrected chi connectivity index (χ0v) is 19.6. The van der Waals surface area contributed by atoms with Crippen molar-refractivity contribution in [2.45, 2.75) is 84.8 Å². The van der Waals surface area contributed by atoms with Gasteiger partial charge in [-0.1, -0.05) is 58.6 Å². The molecule has 0 aliphatic carbocycles. The molecule has 0 aromatic heterocycles. The zero-order chi connectivity index (χ0) is 22.5. The van der Waals surface area contributed by atoms with Crippen LogP contribution in [0.1, 0.15) is 94.7 Å². The quantitative estimate of drug-likeness (QED) is 0.178. The molecule has 4 nitrogen and oxygen atoms in total. The van der Waals surface area contributed by atoms with Crippen molar-refractivity contribution in [3.05, 3.63) is 59.7 Å². The standard InChI is InChI=1S/C27H38O4/c1-5-8-11-24(10-7-3)30-25-16-18-26(19-17-25)31-27(28)23-14-12-22(13-15-23)21(4)29-20-9-6-2/h12-19,21,24H,5-11,20H2,1-4H3. The van der Waals surface area contributed by atoms with Crippen molar-refractivity contribution in [3.63, 3.8) is 0 Å². The summed E-state index contributed by atoms with van der Waals surface area (Å²) in [6.45, 7) is 9.30. The van der Waals surface area contributed by atoms with E-state index in [1.807, 2.05) is 31.2 Å². The van der Waals surface area contributed by atoms with Crippen LogP contribution in [0.25, 0.3) is 0 Å². The maximum absolute atomic E-state index is 12.5. The van der Waals surface area contributed by atoms with Crippen LogP contribution in [0.15, 0.2) is 48.5 Å². The molecule has 0 bridgehead atoms. The molecule has 2 rings (SSSR count). The van der Waals surface area contributed by atoms with E-state index in [1.54, 1.807) is 24.3 Å². The summed E-state index contributed by atoms with van der Waals surface area (Å²) in [5.41, 5.74) is 1.58. The van der Waals surface area contributed by atoms with Crippen molar-refractivity contribution in [2.75, 3.05) is 6.61 Å². The Morgan fingerprint density at radius 2 is 1.45 bits per heavy atom. The Labute approximate surface area is 187 Å². The fourth-order valence-electron chi connectivity index (χ4n) is 3.35. The Morgan fingerprint density at radius 1 is 0.806 bits per heavy atom. The Hall–Kier alpha value is -2.33. The molecule has 0 heterocycles. The molecular weight excluding hydrogens is 388 g/mol. The van der Waals surface area contributed by atoms with Gasteiger partial charge >= 0.3 is 5.97 Å². The topological polar surface area (TPSA) is 44.8 Å². The third-order valence-electron chi connectivity index (χ3n) is 5.31. The molecule has 2 atom stereocenters. The summed E-state index contributed by atoms with van der Waals surface area (Å²) >= 11 is 0. The minimum atomic E-state index is -0.369. The van der Waals surface area contributed by atoms with E-state index >= 15 is 0 Å². The summed E-state index contributed by atoms with van der Waals surface area (Å²) in [5.74, 6) is 0.959. The zero-order valence-electron chi connectivity index (χ0n) is 19.6. The summed E-state index contributed by atoms with van der Waals surface area (Å²) in [5, 5.41) is 0.